The van der Waals surface area contributed by atoms with Crippen LogP contribution in [0.3, 0.4) is 0 Å². The van der Waals surface area contributed by atoms with Gasteiger partial charge in [-0.05, 0) is 48.3 Å². The second-order valence-corrected chi connectivity index (χ2v) is 9.78. The molecule has 1 fully saturated rings. The molecule has 164 valence electrons. The van der Waals surface area contributed by atoms with Gasteiger partial charge in [0, 0.05) is 38.6 Å². The van der Waals surface area contributed by atoms with Crippen LogP contribution in [0.2, 0.25) is 0 Å². The molecular weight excluding hydrogens is 424 g/mol. The molecule has 9 heteroatoms. The maximum atomic E-state index is 12.9. The van der Waals surface area contributed by atoms with E-state index in [0.29, 0.717) is 31.2 Å². The van der Waals surface area contributed by atoms with Crippen molar-refractivity contribution >= 4 is 40.1 Å². The molecular formula is C23H24N6O2S. The largest absolute Gasteiger partial charge is 0.335 e. The van der Waals surface area contributed by atoms with E-state index in [9.17, 15) is 9.59 Å². The number of piperazine rings is 1. The van der Waals surface area contributed by atoms with Gasteiger partial charge in [0.2, 0.25) is 0 Å². The van der Waals surface area contributed by atoms with Gasteiger partial charge in [-0.25, -0.2) is 9.98 Å². The number of thioether (sulfide) groups is 1. The molecule has 32 heavy (non-hydrogen) atoms. The van der Waals surface area contributed by atoms with E-state index in [0.717, 1.165) is 43.0 Å². The number of hydrogen-bond donors (Lipinski definition) is 0. The number of pyridine rings is 1. The number of aromatic nitrogens is 2. The predicted octanol–water partition coefficient (Wildman–Crippen LogP) is 2.62. The van der Waals surface area contributed by atoms with Crippen LogP contribution in [-0.4, -0.2) is 74.6 Å². The monoisotopic (exact) mass is 448 g/mol. The fourth-order valence-electron chi connectivity index (χ4n) is 4.92. The van der Waals surface area contributed by atoms with Crippen molar-refractivity contribution in [1.82, 2.24) is 19.2 Å². The first kappa shape index (κ1) is 19.9. The van der Waals surface area contributed by atoms with Gasteiger partial charge in [-0.3, -0.25) is 14.5 Å². The highest BCUT2D eigenvalue weighted by atomic mass is 32.2. The molecule has 0 aromatic carbocycles. The maximum absolute atomic E-state index is 12.9. The first-order valence-corrected chi connectivity index (χ1v) is 12.0. The molecule has 8 nitrogen and oxygen atoms in total. The molecule has 0 spiro atoms. The second-order valence-electron chi connectivity index (χ2n) is 8.67. The zero-order valence-electron chi connectivity index (χ0n) is 17.7. The summed E-state index contributed by atoms with van der Waals surface area (Å²) in [6, 6.07) is 5.72. The Bertz CT molecular complexity index is 1170. The van der Waals surface area contributed by atoms with E-state index in [4.69, 9.17) is 4.99 Å². The molecule has 3 aliphatic heterocycles. The number of carbonyl (C=O) groups is 2. The first-order valence-electron chi connectivity index (χ1n) is 11.2. The molecule has 2 aromatic heterocycles. The summed E-state index contributed by atoms with van der Waals surface area (Å²) in [7, 11) is 0. The maximum Gasteiger partial charge on any atom is 0.274 e. The summed E-state index contributed by atoms with van der Waals surface area (Å²) in [5, 5.41) is 0.924. The number of amides is 2. The zero-order chi connectivity index (χ0) is 21.7. The number of nitrogens with zero attached hydrogens (tertiary/aromatic N) is 6. The van der Waals surface area contributed by atoms with Gasteiger partial charge in [0.1, 0.15) is 23.1 Å². The van der Waals surface area contributed by atoms with Gasteiger partial charge in [-0.15, -0.1) is 0 Å². The number of aliphatic imine (C=N–C) groups is 2. The van der Waals surface area contributed by atoms with Crippen molar-refractivity contribution in [3.8, 4) is 0 Å². The minimum Gasteiger partial charge on any atom is -0.335 e. The van der Waals surface area contributed by atoms with Crippen molar-refractivity contribution in [2.24, 2.45) is 15.9 Å². The minimum absolute atomic E-state index is 0.0411. The van der Waals surface area contributed by atoms with Crippen LogP contribution in [-0.2, 0) is 4.79 Å². The van der Waals surface area contributed by atoms with E-state index in [1.165, 1.54) is 16.9 Å². The van der Waals surface area contributed by atoms with E-state index in [-0.39, 0.29) is 17.7 Å². The lowest BCUT2D eigenvalue weighted by Gasteiger charge is -2.34. The standard InChI is InChI=1S/C23H24N6O2S/c30-21-20-15-5-1-2-6-17(15)32-22(20)26-18(25-21)14-27-9-11-28(12-10-27)23(31)16-13-29-8-4-3-7-19(29)24-16/h3-4,7-8,13,20H,1-2,5-6,9-12,14H2. The molecule has 1 atom stereocenters. The van der Waals surface area contributed by atoms with E-state index in [1.807, 2.05) is 33.7 Å². The van der Waals surface area contributed by atoms with Crippen molar-refractivity contribution in [1.29, 1.82) is 0 Å². The summed E-state index contributed by atoms with van der Waals surface area (Å²) < 4.78 is 1.86. The lowest BCUT2D eigenvalue weighted by molar-refractivity contribution is -0.118. The molecule has 0 N–H and O–H groups in total. The minimum atomic E-state index is -0.209. The number of rotatable bonds is 3. The molecule has 1 saturated heterocycles. The van der Waals surface area contributed by atoms with Gasteiger partial charge in [0.15, 0.2) is 0 Å². The number of allylic oxidation sites excluding steroid dienone is 1. The van der Waals surface area contributed by atoms with Gasteiger partial charge < -0.3 is 9.30 Å². The second kappa shape index (κ2) is 7.97. The van der Waals surface area contributed by atoms with Gasteiger partial charge >= 0.3 is 0 Å². The Labute approximate surface area is 190 Å². The van der Waals surface area contributed by atoms with Crippen LogP contribution in [0.15, 0.2) is 51.1 Å². The molecule has 5 heterocycles. The molecule has 1 aliphatic carbocycles. The number of amidine groups is 1. The Morgan fingerprint density at radius 2 is 1.94 bits per heavy atom. The molecule has 0 bridgehead atoms. The molecule has 0 saturated carbocycles. The summed E-state index contributed by atoms with van der Waals surface area (Å²) >= 11 is 1.70. The smallest absolute Gasteiger partial charge is 0.274 e. The third-order valence-electron chi connectivity index (χ3n) is 6.61. The molecule has 0 radical (unpaired) electrons. The Morgan fingerprint density at radius 1 is 1.09 bits per heavy atom. The third-order valence-corrected chi connectivity index (χ3v) is 7.86. The number of carbonyl (C=O) groups excluding carboxylic acids is 2. The molecule has 4 aliphatic rings. The van der Waals surface area contributed by atoms with Gasteiger partial charge in [0.25, 0.3) is 11.8 Å². The quantitative estimate of drug-likeness (QED) is 0.721. The van der Waals surface area contributed by atoms with Crippen LogP contribution in [0, 0.1) is 5.92 Å². The van der Waals surface area contributed by atoms with Crippen molar-refractivity contribution in [2.75, 3.05) is 32.7 Å². The molecule has 6 rings (SSSR count). The summed E-state index contributed by atoms with van der Waals surface area (Å²) in [6.07, 6.45) is 8.11. The van der Waals surface area contributed by atoms with E-state index in [2.05, 4.69) is 14.9 Å². The first-order chi connectivity index (χ1) is 15.7. The molecule has 2 aromatic rings. The van der Waals surface area contributed by atoms with E-state index >= 15 is 0 Å². The van der Waals surface area contributed by atoms with E-state index in [1.54, 1.807) is 18.0 Å². The van der Waals surface area contributed by atoms with Crippen molar-refractivity contribution in [2.45, 2.75) is 25.7 Å². The van der Waals surface area contributed by atoms with Crippen molar-refractivity contribution in [3.63, 3.8) is 0 Å². The summed E-state index contributed by atoms with van der Waals surface area (Å²) in [4.78, 5) is 44.6. The Morgan fingerprint density at radius 3 is 2.78 bits per heavy atom. The van der Waals surface area contributed by atoms with Crippen LogP contribution in [0.4, 0.5) is 0 Å². The van der Waals surface area contributed by atoms with Crippen molar-refractivity contribution < 1.29 is 9.59 Å². The van der Waals surface area contributed by atoms with Gasteiger partial charge in [-0.1, -0.05) is 17.8 Å². The number of hydrogen-bond acceptors (Lipinski definition) is 6. The third kappa shape index (κ3) is 3.49. The summed E-state index contributed by atoms with van der Waals surface area (Å²) in [6.45, 7) is 3.24. The number of imidazole rings is 1. The summed E-state index contributed by atoms with van der Waals surface area (Å²) in [5.41, 5.74) is 2.51. The topological polar surface area (TPSA) is 82.6 Å². The highest BCUT2D eigenvalue weighted by Crippen LogP contribution is 2.47. The van der Waals surface area contributed by atoms with Crippen LogP contribution in [0.1, 0.15) is 36.2 Å². The average molecular weight is 449 g/mol. The van der Waals surface area contributed by atoms with Crippen LogP contribution in [0.25, 0.3) is 5.65 Å². The SMILES string of the molecule is O=C1N=C(CN2CCN(C(=O)c3cn4ccccc4n3)CC2)N=C2SC3=C(CCCC3)C12. The Kier molecular flexibility index (Phi) is 4.95. The zero-order valence-corrected chi connectivity index (χ0v) is 18.6. The highest BCUT2D eigenvalue weighted by molar-refractivity contribution is 8.17. The lowest BCUT2D eigenvalue weighted by atomic mass is 9.89. The normalized spacial score (nSPS) is 23.8. The lowest BCUT2D eigenvalue weighted by Crippen LogP contribution is -2.50. The van der Waals surface area contributed by atoms with Crippen molar-refractivity contribution in [3.05, 3.63) is 46.8 Å². The Hall–Kier alpha value is -2.78. The van der Waals surface area contributed by atoms with Crippen LogP contribution in [0.5, 0.6) is 0 Å². The van der Waals surface area contributed by atoms with E-state index < -0.39 is 0 Å². The van der Waals surface area contributed by atoms with Gasteiger partial charge in [-0.2, -0.15) is 4.99 Å². The van der Waals surface area contributed by atoms with Gasteiger partial charge in [0.05, 0.1) is 11.6 Å². The molecule has 1 unspecified atom stereocenters. The average Bonchev–Trinajstić information content (AvgIpc) is 3.40. The number of fused-ring (bicyclic) bond motifs is 3. The highest BCUT2D eigenvalue weighted by Gasteiger charge is 2.40. The van der Waals surface area contributed by atoms with Crippen LogP contribution >= 0.6 is 11.8 Å². The summed E-state index contributed by atoms with van der Waals surface area (Å²) in [5.74, 6) is 0.304. The predicted molar refractivity (Wildman–Crippen MR) is 124 cm³/mol. The fourth-order valence-corrected chi connectivity index (χ4v) is 6.28. The fraction of sp³-hybridized carbons (Fsp3) is 0.435. The molecule has 2 amide bonds. The Balaban J connectivity index is 1.08. The van der Waals surface area contributed by atoms with Crippen LogP contribution < -0.4 is 0 Å².